The Morgan fingerprint density at radius 2 is 2.00 bits per heavy atom. The van der Waals surface area contributed by atoms with E-state index in [2.05, 4.69) is 20.0 Å². The van der Waals surface area contributed by atoms with E-state index in [0.717, 1.165) is 10.6 Å². The number of hydrogen-bond acceptors (Lipinski definition) is 6. The molecule has 1 fully saturated rings. The number of benzene rings is 1. The summed E-state index contributed by atoms with van der Waals surface area (Å²) in [5.74, 6) is -0.294. The van der Waals surface area contributed by atoms with E-state index in [-0.39, 0.29) is 17.9 Å². The Labute approximate surface area is 186 Å². The molecule has 8 nitrogen and oxygen atoms in total. The highest BCUT2D eigenvalue weighted by Gasteiger charge is 2.34. The number of nitrogens with one attached hydrogen (secondary N) is 1. The molecule has 1 saturated heterocycles. The van der Waals surface area contributed by atoms with Crippen molar-refractivity contribution in [3.63, 3.8) is 0 Å². The van der Waals surface area contributed by atoms with E-state index in [1.54, 1.807) is 34.0 Å². The highest BCUT2D eigenvalue weighted by atomic mass is 35.5. The average molecular weight is 465 g/mol. The fourth-order valence-electron chi connectivity index (χ4n) is 3.13. The molecule has 3 heterocycles. The van der Waals surface area contributed by atoms with Crippen molar-refractivity contribution < 1.29 is 9.59 Å². The van der Waals surface area contributed by atoms with Gasteiger partial charge < -0.3 is 10.2 Å². The van der Waals surface area contributed by atoms with Gasteiger partial charge in [0, 0.05) is 18.0 Å². The van der Waals surface area contributed by atoms with Crippen molar-refractivity contribution >= 4 is 46.5 Å². The lowest BCUT2D eigenvalue weighted by Crippen LogP contribution is -2.51. The largest absolute Gasteiger partial charge is 0.350 e. The quantitative estimate of drug-likeness (QED) is 0.605. The number of rotatable bonds is 6. The van der Waals surface area contributed by atoms with Gasteiger partial charge in [0.1, 0.15) is 5.69 Å². The molecule has 3 aromatic rings. The summed E-state index contributed by atoms with van der Waals surface area (Å²) in [6.07, 6.45) is 2.08. The topological polar surface area (TPSA) is 93.0 Å². The lowest BCUT2D eigenvalue weighted by Gasteiger charge is -2.39. The van der Waals surface area contributed by atoms with E-state index in [0.29, 0.717) is 47.4 Å². The molecule has 4 rings (SSSR count). The highest BCUT2D eigenvalue weighted by Crippen LogP contribution is 2.29. The number of likely N-dealkylation sites (tertiary alicyclic amines) is 1. The number of aryl methyl sites for hydroxylation is 1. The standard InChI is InChI=1S/C19H18Cl2N6O2S/c1-11-5-14(30-24-11)6-17(28)22-7-12-8-27(25-23-12)13-9-26(10-13)19(29)18-15(20)3-2-4-16(18)21/h2-5,8,13H,6-7,9-10H2,1H3,(H,22,28). The Morgan fingerprint density at radius 3 is 2.67 bits per heavy atom. The number of amides is 2. The van der Waals surface area contributed by atoms with E-state index in [9.17, 15) is 9.59 Å². The van der Waals surface area contributed by atoms with Crippen molar-refractivity contribution in [2.75, 3.05) is 13.1 Å². The molecule has 1 aliphatic rings. The number of halogens is 2. The van der Waals surface area contributed by atoms with Gasteiger partial charge in [-0.15, -0.1) is 5.10 Å². The summed E-state index contributed by atoms with van der Waals surface area (Å²) in [6, 6.07) is 6.92. The Hall–Kier alpha value is -2.49. The van der Waals surface area contributed by atoms with Gasteiger partial charge in [0.25, 0.3) is 5.91 Å². The van der Waals surface area contributed by atoms with Gasteiger partial charge in [0.2, 0.25) is 5.91 Å². The predicted octanol–water partition coefficient (Wildman–Crippen LogP) is 2.91. The molecule has 0 saturated carbocycles. The van der Waals surface area contributed by atoms with Gasteiger partial charge in [0.15, 0.2) is 0 Å². The summed E-state index contributed by atoms with van der Waals surface area (Å²) in [7, 11) is 0. The SMILES string of the molecule is Cc1cc(CC(=O)NCc2cn(C3CN(C(=O)c4c(Cl)cccc4Cl)C3)nn2)sn1. The summed E-state index contributed by atoms with van der Waals surface area (Å²) in [6.45, 7) is 3.16. The minimum absolute atomic E-state index is 0.0207. The maximum Gasteiger partial charge on any atom is 0.257 e. The van der Waals surface area contributed by atoms with E-state index in [1.807, 2.05) is 13.0 Å². The molecule has 1 aromatic carbocycles. The molecule has 0 unspecified atom stereocenters. The van der Waals surface area contributed by atoms with Crippen LogP contribution in [0, 0.1) is 6.92 Å². The Balaban J connectivity index is 1.28. The van der Waals surface area contributed by atoms with Gasteiger partial charge in [-0.2, -0.15) is 4.37 Å². The first kappa shape index (κ1) is 20.8. The van der Waals surface area contributed by atoms with Gasteiger partial charge >= 0.3 is 0 Å². The van der Waals surface area contributed by atoms with E-state index < -0.39 is 0 Å². The first-order chi connectivity index (χ1) is 14.4. The maximum atomic E-state index is 12.6. The van der Waals surface area contributed by atoms with Gasteiger partial charge in [0.05, 0.1) is 46.5 Å². The Morgan fingerprint density at radius 1 is 1.27 bits per heavy atom. The Bertz CT molecular complexity index is 1070. The van der Waals surface area contributed by atoms with Gasteiger partial charge in [-0.3, -0.25) is 9.59 Å². The maximum absolute atomic E-state index is 12.6. The molecule has 0 radical (unpaired) electrons. The monoisotopic (exact) mass is 464 g/mol. The van der Waals surface area contributed by atoms with Crippen LogP contribution >= 0.6 is 34.7 Å². The number of carbonyl (C=O) groups excluding carboxylic acids is 2. The first-order valence-corrected chi connectivity index (χ1v) is 10.8. The van der Waals surface area contributed by atoms with Crippen LogP contribution in [0.1, 0.15) is 32.7 Å². The second-order valence-electron chi connectivity index (χ2n) is 7.04. The molecule has 11 heteroatoms. The third-order valence-corrected chi connectivity index (χ3v) is 6.24. The van der Waals surface area contributed by atoms with Crippen molar-refractivity contribution in [1.29, 1.82) is 0 Å². The Kier molecular flexibility index (Phi) is 6.03. The lowest BCUT2D eigenvalue weighted by molar-refractivity contribution is -0.120. The predicted molar refractivity (Wildman–Crippen MR) is 114 cm³/mol. The molecule has 0 spiro atoms. The second kappa shape index (κ2) is 8.71. The fraction of sp³-hybridized carbons (Fsp3) is 0.316. The number of carbonyl (C=O) groups is 2. The second-order valence-corrected chi connectivity index (χ2v) is 8.74. The van der Waals surface area contributed by atoms with Gasteiger partial charge in [-0.05, 0) is 36.7 Å². The molecule has 0 atom stereocenters. The molecule has 2 amide bonds. The minimum atomic E-state index is -0.201. The number of nitrogens with zero attached hydrogens (tertiary/aromatic N) is 5. The summed E-state index contributed by atoms with van der Waals surface area (Å²) in [5, 5.41) is 11.7. The molecular formula is C19H18Cl2N6O2S. The molecule has 0 bridgehead atoms. The fourth-order valence-corrected chi connectivity index (χ4v) is 4.42. The highest BCUT2D eigenvalue weighted by molar-refractivity contribution is 7.05. The molecule has 0 aliphatic carbocycles. The van der Waals surface area contributed by atoms with Crippen LogP contribution in [0.3, 0.4) is 0 Å². The van der Waals surface area contributed by atoms with Crippen LogP contribution in [0.2, 0.25) is 10.0 Å². The van der Waals surface area contributed by atoms with Gasteiger partial charge in [-0.1, -0.05) is 34.5 Å². The van der Waals surface area contributed by atoms with Crippen molar-refractivity contribution in [1.82, 2.24) is 29.6 Å². The third kappa shape index (κ3) is 4.48. The summed E-state index contributed by atoms with van der Waals surface area (Å²) in [4.78, 5) is 27.3. The number of hydrogen-bond donors (Lipinski definition) is 1. The van der Waals surface area contributed by atoms with Crippen LogP contribution in [0.25, 0.3) is 0 Å². The van der Waals surface area contributed by atoms with Crippen molar-refractivity contribution in [3.05, 3.63) is 62.3 Å². The molecule has 156 valence electrons. The van der Waals surface area contributed by atoms with Crippen molar-refractivity contribution in [3.8, 4) is 0 Å². The average Bonchev–Trinajstić information content (AvgIpc) is 3.28. The smallest absolute Gasteiger partial charge is 0.257 e. The van der Waals surface area contributed by atoms with E-state index in [4.69, 9.17) is 23.2 Å². The van der Waals surface area contributed by atoms with Crippen LogP contribution in [-0.2, 0) is 17.8 Å². The minimum Gasteiger partial charge on any atom is -0.350 e. The van der Waals surface area contributed by atoms with Crippen LogP contribution in [0.15, 0.2) is 30.5 Å². The molecule has 1 aliphatic heterocycles. The molecule has 2 aromatic heterocycles. The molecular weight excluding hydrogens is 447 g/mol. The third-order valence-electron chi connectivity index (χ3n) is 4.74. The summed E-state index contributed by atoms with van der Waals surface area (Å²) in [5.41, 5.74) is 1.88. The van der Waals surface area contributed by atoms with Crippen LogP contribution in [-0.4, -0.2) is 49.2 Å². The van der Waals surface area contributed by atoms with Crippen LogP contribution in [0.4, 0.5) is 0 Å². The molecule has 1 N–H and O–H groups in total. The lowest BCUT2D eigenvalue weighted by atomic mass is 10.1. The summed E-state index contributed by atoms with van der Waals surface area (Å²) < 4.78 is 5.88. The zero-order chi connectivity index (χ0) is 21.3. The normalized spacial score (nSPS) is 13.9. The van der Waals surface area contributed by atoms with Crippen LogP contribution in [0.5, 0.6) is 0 Å². The number of aromatic nitrogens is 4. The van der Waals surface area contributed by atoms with E-state index in [1.165, 1.54) is 11.5 Å². The first-order valence-electron chi connectivity index (χ1n) is 9.23. The van der Waals surface area contributed by atoms with E-state index >= 15 is 0 Å². The van der Waals surface area contributed by atoms with Crippen LogP contribution < -0.4 is 5.32 Å². The van der Waals surface area contributed by atoms with Crippen molar-refractivity contribution in [2.24, 2.45) is 0 Å². The summed E-state index contributed by atoms with van der Waals surface area (Å²) >= 11 is 13.6. The zero-order valence-corrected chi connectivity index (χ0v) is 18.3. The molecule has 30 heavy (non-hydrogen) atoms. The zero-order valence-electron chi connectivity index (χ0n) is 16.0. The van der Waals surface area contributed by atoms with Gasteiger partial charge in [-0.25, -0.2) is 4.68 Å². The van der Waals surface area contributed by atoms with Crippen molar-refractivity contribution in [2.45, 2.75) is 25.9 Å².